The Morgan fingerprint density at radius 2 is 2.30 bits per heavy atom. The molecule has 0 aromatic heterocycles. The molecule has 0 bridgehead atoms. The molecule has 0 radical (unpaired) electrons. The number of allylic oxidation sites excluding steroid dienone is 4. The molecule has 10 heavy (non-hydrogen) atoms. The van der Waals surface area contributed by atoms with Crippen molar-refractivity contribution in [1.29, 1.82) is 0 Å². The molecule has 1 aliphatic rings. The third kappa shape index (κ3) is 1.54. The van der Waals surface area contributed by atoms with Gasteiger partial charge in [-0.2, -0.15) is 0 Å². The summed E-state index contributed by atoms with van der Waals surface area (Å²) in [5, 5.41) is 0.721. The molecule has 0 aromatic rings. The van der Waals surface area contributed by atoms with E-state index in [0.29, 0.717) is 0 Å². The van der Waals surface area contributed by atoms with Gasteiger partial charge in [-0.1, -0.05) is 17.7 Å². The van der Waals surface area contributed by atoms with E-state index in [0.717, 1.165) is 10.7 Å². The van der Waals surface area contributed by atoms with Crippen LogP contribution in [0.2, 0.25) is 0 Å². The first-order chi connectivity index (χ1) is 4.75. The van der Waals surface area contributed by atoms with Crippen LogP contribution in [0, 0.1) is 5.92 Å². The highest BCUT2D eigenvalue weighted by molar-refractivity contribution is 6.30. The van der Waals surface area contributed by atoms with Crippen LogP contribution in [0.3, 0.4) is 0 Å². The molecule has 0 unspecified atom stereocenters. The van der Waals surface area contributed by atoms with Gasteiger partial charge >= 0.3 is 0 Å². The Morgan fingerprint density at radius 1 is 1.70 bits per heavy atom. The summed E-state index contributed by atoms with van der Waals surface area (Å²) in [4.78, 5) is 0. The van der Waals surface area contributed by atoms with Gasteiger partial charge in [-0.3, -0.25) is 0 Å². The van der Waals surface area contributed by atoms with Gasteiger partial charge in [-0.15, -0.1) is 0 Å². The third-order valence-corrected chi connectivity index (χ3v) is 1.63. The molecule has 2 nitrogen and oxygen atoms in total. The van der Waals surface area contributed by atoms with Gasteiger partial charge < -0.3 is 11.5 Å². The second-order valence-corrected chi connectivity index (χ2v) is 2.52. The largest absolute Gasteiger partial charge is 0.405 e. The van der Waals surface area contributed by atoms with Crippen molar-refractivity contribution in [3.63, 3.8) is 0 Å². The average molecular weight is 157 g/mol. The lowest BCUT2D eigenvalue weighted by atomic mass is 10.3. The lowest BCUT2D eigenvalue weighted by Gasteiger charge is -1.91. The van der Waals surface area contributed by atoms with Crippen LogP contribution in [0.5, 0.6) is 0 Å². The van der Waals surface area contributed by atoms with Crippen LogP contribution in [0.1, 0.15) is 0 Å². The van der Waals surface area contributed by atoms with Crippen molar-refractivity contribution in [2.75, 3.05) is 0 Å². The van der Waals surface area contributed by atoms with Crippen molar-refractivity contribution >= 4 is 11.6 Å². The van der Waals surface area contributed by atoms with Crippen LogP contribution in [0.4, 0.5) is 0 Å². The quantitative estimate of drug-likeness (QED) is 0.588. The summed E-state index contributed by atoms with van der Waals surface area (Å²) in [6, 6.07) is 0. The SMILES string of the molecule is N/C=C\C=C(\Cl)[C@@H]1C=C1N. The van der Waals surface area contributed by atoms with Crippen LogP contribution >= 0.6 is 11.6 Å². The zero-order valence-corrected chi connectivity index (χ0v) is 6.18. The Balaban J connectivity index is 2.43. The van der Waals surface area contributed by atoms with Crippen molar-refractivity contribution in [3.05, 3.63) is 35.2 Å². The fraction of sp³-hybridized carbons (Fsp3) is 0.143. The van der Waals surface area contributed by atoms with E-state index in [4.69, 9.17) is 23.1 Å². The third-order valence-electron chi connectivity index (χ3n) is 1.27. The molecule has 0 saturated carbocycles. The highest BCUT2D eigenvalue weighted by Gasteiger charge is 2.23. The Bertz CT molecular complexity index is 216. The van der Waals surface area contributed by atoms with Gasteiger partial charge in [0.2, 0.25) is 0 Å². The van der Waals surface area contributed by atoms with Gasteiger partial charge in [-0.05, 0) is 18.4 Å². The lowest BCUT2D eigenvalue weighted by molar-refractivity contribution is 1.12. The monoisotopic (exact) mass is 156 g/mol. The fourth-order valence-electron chi connectivity index (χ4n) is 0.634. The van der Waals surface area contributed by atoms with E-state index in [1.807, 2.05) is 6.08 Å². The van der Waals surface area contributed by atoms with Gasteiger partial charge in [0.1, 0.15) is 0 Å². The number of hydrogen-bond donors (Lipinski definition) is 2. The average Bonchev–Trinajstić information content (AvgIpc) is 2.62. The Kier molecular flexibility index (Phi) is 2.02. The molecule has 0 saturated heterocycles. The minimum absolute atomic E-state index is 0.179. The van der Waals surface area contributed by atoms with Crippen LogP contribution in [0.15, 0.2) is 35.2 Å². The first kappa shape index (κ1) is 7.22. The van der Waals surface area contributed by atoms with Crippen LogP contribution in [-0.4, -0.2) is 0 Å². The summed E-state index contributed by atoms with van der Waals surface area (Å²) in [6.07, 6.45) is 6.74. The fourth-order valence-corrected chi connectivity index (χ4v) is 0.896. The standard InChI is InChI=1S/C7H9ClN2/c8-6(2-1-3-9)5-4-7(5)10/h1-5H,9-10H2/b3-1-,6-2+/t5-/m0/s1. The summed E-state index contributed by atoms with van der Waals surface area (Å²) in [5.74, 6) is 0.179. The van der Waals surface area contributed by atoms with E-state index < -0.39 is 0 Å². The van der Waals surface area contributed by atoms with Gasteiger partial charge in [-0.25, -0.2) is 0 Å². The molecule has 0 aliphatic heterocycles. The molecule has 0 aromatic carbocycles. The van der Waals surface area contributed by atoms with Crippen molar-refractivity contribution in [1.82, 2.24) is 0 Å². The van der Waals surface area contributed by atoms with Gasteiger partial charge in [0.05, 0.1) is 5.92 Å². The summed E-state index contributed by atoms with van der Waals surface area (Å²) in [6.45, 7) is 0. The molecule has 3 heteroatoms. The number of halogens is 1. The van der Waals surface area contributed by atoms with Crippen LogP contribution in [0.25, 0.3) is 0 Å². The van der Waals surface area contributed by atoms with Crippen molar-refractivity contribution in [2.45, 2.75) is 0 Å². The van der Waals surface area contributed by atoms with E-state index >= 15 is 0 Å². The zero-order valence-electron chi connectivity index (χ0n) is 5.42. The summed E-state index contributed by atoms with van der Waals surface area (Å²) in [7, 11) is 0. The molecule has 0 heterocycles. The molecule has 4 N–H and O–H groups in total. The second-order valence-electron chi connectivity index (χ2n) is 2.08. The molecule has 1 aliphatic carbocycles. The maximum absolute atomic E-state index is 5.77. The van der Waals surface area contributed by atoms with E-state index in [2.05, 4.69) is 0 Å². The number of hydrogen-bond acceptors (Lipinski definition) is 2. The number of rotatable bonds is 2. The van der Waals surface area contributed by atoms with Gasteiger partial charge in [0.25, 0.3) is 0 Å². The molecule has 1 atom stereocenters. The second kappa shape index (κ2) is 2.80. The topological polar surface area (TPSA) is 52.0 Å². The van der Waals surface area contributed by atoms with Crippen LogP contribution in [-0.2, 0) is 0 Å². The predicted octanol–water partition coefficient (Wildman–Crippen LogP) is 1.05. The van der Waals surface area contributed by atoms with Crippen LogP contribution < -0.4 is 11.5 Å². The number of nitrogens with two attached hydrogens (primary N) is 2. The van der Waals surface area contributed by atoms with Crippen molar-refractivity contribution in [2.24, 2.45) is 17.4 Å². The Hall–Kier alpha value is -0.890. The lowest BCUT2D eigenvalue weighted by Crippen LogP contribution is -1.90. The maximum Gasteiger partial charge on any atom is 0.0540 e. The molecule has 0 spiro atoms. The molecule has 54 valence electrons. The molecule has 1 rings (SSSR count). The summed E-state index contributed by atoms with van der Waals surface area (Å²) in [5.41, 5.74) is 11.4. The summed E-state index contributed by atoms with van der Waals surface area (Å²) < 4.78 is 0. The Labute approximate surface area is 64.8 Å². The minimum atomic E-state index is 0.179. The Morgan fingerprint density at radius 3 is 2.70 bits per heavy atom. The normalized spacial score (nSPS) is 25.1. The maximum atomic E-state index is 5.77. The van der Waals surface area contributed by atoms with E-state index in [1.54, 1.807) is 12.2 Å². The smallest absolute Gasteiger partial charge is 0.0540 e. The molecular weight excluding hydrogens is 148 g/mol. The molecule has 0 fully saturated rings. The van der Waals surface area contributed by atoms with Crippen molar-refractivity contribution in [3.8, 4) is 0 Å². The minimum Gasteiger partial charge on any atom is -0.405 e. The summed E-state index contributed by atoms with van der Waals surface area (Å²) >= 11 is 5.77. The van der Waals surface area contributed by atoms with Gasteiger partial charge in [0, 0.05) is 10.7 Å². The highest BCUT2D eigenvalue weighted by Crippen LogP contribution is 2.33. The molecule has 0 amide bonds. The first-order valence-corrected chi connectivity index (χ1v) is 3.34. The molecular formula is C7H9ClN2. The van der Waals surface area contributed by atoms with E-state index in [-0.39, 0.29) is 5.92 Å². The van der Waals surface area contributed by atoms with Gasteiger partial charge in [0.15, 0.2) is 0 Å². The van der Waals surface area contributed by atoms with E-state index in [9.17, 15) is 0 Å². The predicted molar refractivity (Wildman–Crippen MR) is 43.0 cm³/mol. The van der Waals surface area contributed by atoms with Crippen molar-refractivity contribution < 1.29 is 0 Å². The van der Waals surface area contributed by atoms with E-state index in [1.165, 1.54) is 6.20 Å². The zero-order chi connectivity index (χ0) is 7.56. The highest BCUT2D eigenvalue weighted by atomic mass is 35.5. The first-order valence-electron chi connectivity index (χ1n) is 2.97.